The molecule has 2 aromatic heterocycles. The molecule has 0 aliphatic carbocycles. The minimum absolute atomic E-state index is 0.168. The van der Waals surface area contributed by atoms with E-state index in [2.05, 4.69) is 10.8 Å². The van der Waals surface area contributed by atoms with Crippen molar-refractivity contribution in [1.29, 1.82) is 5.26 Å². The van der Waals surface area contributed by atoms with Gasteiger partial charge >= 0.3 is 5.97 Å². The van der Waals surface area contributed by atoms with Crippen molar-refractivity contribution in [3.8, 4) is 6.07 Å². The molecule has 0 aliphatic heterocycles. The van der Waals surface area contributed by atoms with Gasteiger partial charge in [0.05, 0.1) is 13.7 Å². The Morgan fingerprint density at radius 2 is 2.25 bits per heavy atom. The van der Waals surface area contributed by atoms with Gasteiger partial charge in [-0.05, 0) is 37.1 Å². The number of nitrogens with zero attached hydrogens (tertiary/aromatic N) is 2. The summed E-state index contributed by atoms with van der Waals surface area (Å²) in [7, 11) is 1.31. The lowest BCUT2D eigenvalue weighted by atomic mass is 10.2. The highest BCUT2D eigenvalue weighted by Crippen LogP contribution is 2.19. The summed E-state index contributed by atoms with van der Waals surface area (Å²) in [6, 6.07) is 7.53. The molecule has 0 bridgehead atoms. The topological polar surface area (TPSA) is 68.2 Å². The van der Waals surface area contributed by atoms with E-state index >= 15 is 0 Å². The summed E-state index contributed by atoms with van der Waals surface area (Å²) in [5.41, 5.74) is 2.65. The summed E-state index contributed by atoms with van der Waals surface area (Å²) in [4.78, 5) is 11.3. The zero-order valence-corrected chi connectivity index (χ0v) is 11.8. The van der Waals surface area contributed by atoms with Crippen LogP contribution < -0.4 is 0 Å². The number of esters is 1. The van der Waals surface area contributed by atoms with Gasteiger partial charge in [-0.3, -0.25) is 0 Å². The summed E-state index contributed by atoms with van der Waals surface area (Å²) in [6.07, 6.45) is 0.808. The quantitative estimate of drug-likeness (QED) is 0.802. The van der Waals surface area contributed by atoms with Gasteiger partial charge in [0.2, 0.25) is 5.76 Å². The highest BCUT2D eigenvalue weighted by molar-refractivity contribution is 5.86. The third-order valence-corrected chi connectivity index (χ3v) is 3.23. The second-order valence-electron chi connectivity index (χ2n) is 4.47. The molecule has 20 heavy (non-hydrogen) atoms. The van der Waals surface area contributed by atoms with Crippen molar-refractivity contribution in [2.45, 2.75) is 26.8 Å². The maximum atomic E-state index is 11.3. The predicted molar refractivity (Wildman–Crippen MR) is 72.4 cm³/mol. The van der Waals surface area contributed by atoms with E-state index in [4.69, 9.17) is 4.42 Å². The Balaban J connectivity index is 2.31. The molecule has 0 atom stereocenters. The molecule has 0 radical (unpaired) electrons. The van der Waals surface area contributed by atoms with Crippen LogP contribution in [0.25, 0.3) is 0 Å². The number of ether oxygens (including phenoxy) is 1. The van der Waals surface area contributed by atoms with Gasteiger partial charge in [-0.15, -0.1) is 0 Å². The first-order valence-electron chi connectivity index (χ1n) is 6.36. The molecule has 0 fully saturated rings. The van der Waals surface area contributed by atoms with Crippen molar-refractivity contribution in [2.75, 3.05) is 7.11 Å². The van der Waals surface area contributed by atoms with Crippen LogP contribution >= 0.6 is 0 Å². The number of furan rings is 1. The maximum absolute atomic E-state index is 11.3. The standard InChI is InChI=1S/C15H16N2O3/c1-4-11-7-10(2)17(13(11)8-16)9-12-5-6-14(20-12)15(18)19-3/h5-7H,4,9H2,1-3H3. The van der Waals surface area contributed by atoms with E-state index in [0.29, 0.717) is 18.0 Å². The molecule has 0 unspecified atom stereocenters. The van der Waals surface area contributed by atoms with E-state index in [1.165, 1.54) is 7.11 Å². The Morgan fingerprint density at radius 3 is 2.85 bits per heavy atom. The van der Waals surface area contributed by atoms with Gasteiger partial charge in [0.1, 0.15) is 17.5 Å². The van der Waals surface area contributed by atoms with Crippen molar-refractivity contribution in [3.05, 3.63) is 46.7 Å². The highest BCUT2D eigenvalue weighted by Gasteiger charge is 2.15. The summed E-state index contributed by atoms with van der Waals surface area (Å²) in [5.74, 6) is 0.278. The van der Waals surface area contributed by atoms with Crippen molar-refractivity contribution in [1.82, 2.24) is 4.57 Å². The van der Waals surface area contributed by atoms with E-state index in [-0.39, 0.29) is 5.76 Å². The van der Waals surface area contributed by atoms with Crippen molar-refractivity contribution >= 4 is 5.97 Å². The first-order valence-corrected chi connectivity index (χ1v) is 6.36. The minimum atomic E-state index is -0.504. The number of aromatic nitrogens is 1. The van der Waals surface area contributed by atoms with Crippen LogP contribution in [-0.2, 0) is 17.7 Å². The molecular weight excluding hydrogens is 256 g/mol. The minimum Gasteiger partial charge on any atom is -0.463 e. The third kappa shape index (κ3) is 2.45. The molecule has 0 saturated carbocycles. The van der Waals surface area contributed by atoms with Crippen LogP contribution in [0.3, 0.4) is 0 Å². The molecular formula is C15H16N2O3. The second-order valence-corrected chi connectivity index (χ2v) is 4.47. The van der Waals surface area contributed by atoms with Crippen LogP contribution in [0.1, 0.15) is 40.2 Å². The summed E-state index contributed by atoms with van der Waals surface area (Å²) < 4.78 is 11.9. The molecule has 104 valence electrons. The predicted octanol–water partition coefficient (Wildman–Crippen LogP) is 2.66. The summed E-state index contributed by atoms with van der Waals surface area (Å²) in [5, 5.41) is 9.28. The fourth-order valence-corrected chi connectivity index (χ4v) is 2.18. The molecule has 0 N–H and O–H groups in total. The zero-order valence-electron chi connectivity index (χ0n) is 11.8. The van der Waals surface area contributed by atoms with E-state index in [1.807, 2.05) is 24.5 Å². The number of nitriles is 1. The van der Waals surface area contributed by atoms with Crippen LogP contribution in [-0.4, -0.2) is 17.6 Å². The number of hydrogen-bond acceptors (Lipinski definition) is 4. The lowest BCUT2D eigenvalue weighted by molar-refractivity contribution is 0.0563. The second kappa shape index (κ2) is 5.66. The molecule has 5 heteroatoms. The van der Waals surface area contributed by atoms with E-state index in [1.54, 1.807) is 12.1 Å². The number of hydrogen-bond donors (Lipinski definition) is 0. The average molecular weight is 272 g/mol. The highest BCUT2D eigenvalue weighted by atomic mass is 16.5. The summed E-state index contributed by atoms with van der Waals surface area (Å²) in [6.45, 7) is 4.39. The van der Waals surface area contributed by atoms with Crippen LogP contribution in [0, 0.1) is 18.3 Å². The number of methoxy groups -OCH3 is 1. The lowest BCUT2D eigenvalue weighted by Crippen LogP contribution is -2.04. The van der Waals surface area contributed by atoms with Gasteiger partial charge in [0.15, 0.2) is 0 Å². The Kier molecular flexibility index (Phi) is 3.94. The van der Waals surface area contributed by atoms with Crippen molar-refractivity contribution in [3.63, 3.8) is 0 Å². The van der Waals surface area contributed by atoms with Gasteiger partial charge < -0.3 is 13.7 Å². The van der Waals surface area contributed by atoms with Gasteiger partial charge in [-0.1, -0.05) is 6.92 Å². The van der Waals surface area contributed by atoms with E-state index in [9.17, 15) is 10.1 Å². The van der Waals surface area contributed by atoms with Gasteiger partial charge in [0.25, 0.3) is 0 Å². The zero-order chi connectivity index (χ0) is 14.7. The SMILES string of the molecule is CCc1cc(C)n(Cc2ccc(C(=O)OC)o2)c1C#N. The van der Waals surface area contributed by atoms with Crippen LogP contribution in [0.2, 0.25) is 0 Å². The first kappa shape index (κ1) is 13.9. The van der Waals surface area contributed by atoms with E-state index < -0.39 is 5.97 Å². The lowest BCUT2D eigenvalue weighted by Gasteiger charge is -2.05. The molecule has 0 spiro atoms. The Morgan fingerprint density at radius 1 is 1.50 bits per heavy atom. The molecule has 0 saturated heterocycles. The number of rotatable bonds is 4. The van der Waals surface area contributed by atoms with E-state index in [0.717, 1.165) is 17.7 Å². The van der Waals surface area contributed by atoms with Crippen LogP contribution in [0.4, 0.5) is 0 Å². The maximum Gasteiger partial charge on any atom is 0.373 e. The number of aryl methyl sites for hydroxylation is 2. The third-order valence-electron chi connectivity index (χ3n) is 3.23. The smallest absolute Gasteiger partial charge is 0.373 e. The monoisotopic (exact) mass is 272 g/mol. The molecule has 0 amide bonds. The molecule has 2 aromatic rings. The molecule has 5 nitrogen and oxygen atoms in total. The summed E-state index contributed by atoms with van der Waals surface area (Å²) >= 11 is 0. The molecule has 0 aliphatic rings. The molecule has 2 rings (SSSR count). The largest absolute Gasteiger partial charge is 0.463 e. The fourth-order valence-electron chi connectivity index (χ4n) is 2.18. The Bertz CT molecular complexity index is 674. The van der Waals surface area contributed by atoms with Gasteiger partial charge in [-0.2, -0.15) is 5.26 Å². The average Bonchev–Trinajstić information content (AvgIpc) is 3.04. The molecule has 2 heterocycles. The first-order chi connectivity index (χ1) is 9.60. The van der Waals surface area contributed by atoms with Gasteiger partial charge in [-0.25, -0.2) is 4.79 Å². The fraction of sp³-hybridized carbons (Fsp3) is 0.333. The van der Waals surface area contributed by atoms with Crippen molar-refractivity contribution in [2.24, 2.45) is 0 Å². The molecule has 0 aromatic carbocycles. The number of carbonyl (C=O) groups excluding carboxylic acids is 1. The van der Waals surface area contributed by atoms with Crippen LogP contribution in [0.5, 0.6) is 0 Å². The normalized spacial score (nSPS) is 10.3. The Labute approximate surface area is 117 Å². The van der Waals surface area contributed by atoms with Crippen molar-refractivity contribution < 1.29 is 13.9 Å². The number of carbonyl (C=O) groups is 1. The Hall–Kier alpha value is -2.48. The van der Waals surface area contributed by atoms with Crippen LogP contribution in [0.15, 0.2) is 22.6 Å². The van der Waals surface area contributed by atoms with Gasteiger partial charge in [0, 0.05) is 5.69 Å².